The number of piperazine rings is 1. The average Bonchev–Trinajstić information content (AvgIpc) is 2.48. The zero-order valence-electron chi connectivity index (χ0n) is 12.7. The van der Waals surface area contributed by atoms with Gasteiger partial charge < -0.3 is 10.4 Å². The maximum absolute atomic E-state index is 9.85. The number of halogens is 4. The minimum atomic E-state index is -0.380. The summed E-state index contributed by atoms with van der Waals surface area (Å²) < 4.78 is 0. The first-order chi connectivity index (χ1) is 9.88. The van der Waals surface area contributed by atoms with Crippen molar-refractivity contribution in [3.63, 3.8) is 0 Å². The fraction of sp³-hybridized carbons (Fsp3) is 0.600. The van der Waals surface area contributed by atoms with Gasteiger partial charge in [0.15, 0.2) is 0 Å². The van der Waals surface area contributed by atoms with Gasteiger partial charge in [-0.15, -0.1) is 12.4 Å². The van der Waals surface area contributed by atoms with Gasteiger partial charge in [0.25, 0.3) is 0 Å². The van der Waals surface area contributed by atoms with Crippen molar-refractivity contribution in [1.29, 1.82) is 0 Å². The van der Waals surface area contributed by atoms with E-state index in [1.165, 1.54) is 0 Å². The van der Waals surface area contributed by atoms with Crippen molar-refractivity contribution in [1.82, 2.24) is 10.2 Å². The largest absolute Gasteiger partial charge is 0.396 e. The normalized spacial score (nSPS) is 17.9. The molecular weight excluding hydrogens is 366 g/mol. The third-order valence-corrected chi connectivity index (χ3v) is 5.17. The summed E-state index contributed by atoms with van der Waals surface area (Å²) in [6, 6.07) is 3.40. The van der Waals surface area contributed by atoms with Crippen LogP contribution < -0.4 is 5.32 Å². The van der Waals surface area contributed by atoms with Crippen molar-refractivity contribution < 1.29 is 5.11 Å². The van der Waals surface area contributed by atoms with Gasteiger partial charge in [0.05, 0.1) is 10.0 Å². The number of aliphatic hydroxyl groups excluding tert-OH is 1. The van der Waals surface area contributed by atoms with E-state index in [-0.39, 0.29) is 30.5 Å². The van der Waals surface area contributed by atoms with Crippen LogP contribution >= 0.6 is 47.2 Å². The standard InChI is InChI=1S/C15H21Cl3N2O.ClH/c1-15(2,9-21)14(20-7-5-19-6-8-20)12-10(16)3-4-11(17)13(12)18;/h3-4,14,19,21H,5-9H2,1-2H3;1H/t14-;/m0./s1. The molecule has 1 heterocycles. The lowest BCUT2D eigenvalue weighted by atomic mass is 9.79. The Hall–Kier alpha value is 0.260. The lowest BCUT2D eigenvalue weighted by Gasteiger charge is -2.44. The fourth-order valence-electron chi connectivity index (χ4n) is 2.89. The summed E-state index contributed by atoms with van der Waals surface area (Å²) in [7, 11) is 0. The van der Waals surface area contributed by atoms with E-state index in [1.807, 2.05) is 13.8 Å². The van der Waals surface area contributed by atoms with Gasteiger partial charge in [-0.05, 0) is 12.1 Å². The quantitative estimate of drug-likeness (QED) is 0.765. The van der Waals surface area contributed by atoms with Gasteiger partial charge in [-0.1, -0.05) is 48.7 Å². The Bertz CT molecular complexity index is 505. The monoisotopic (exact) mass is 386 g/mol. The van der Waals surface area contributed by atoms with Gasteiger partial charge in [-0.3, -0.25) is 4.90 Å². The van der Waals surface area contributed by atoms with Crippen molar-refractivity contribution in [2.24, 2.45) is 5.41 Å². The Morgan fingerprint density at radius 1 is 1.18 bits per heavy atom. The Balaban J connectivity index is 0.00000242. The number of nitrogens with one attached hydrogen (secondary N) is 1. The first kappa shape index (κ1) is 20.3. The molecule has 0 aliphatic carbocycles. The van der Waals surface area contributed by atoms with E-state index < -0.39 is 0 Å². The molecule has 3 nitrogen and oxygen atoms in total. The van der Waals surface area contributed by atoms with Gasteiger partial charge in [0.1, 0.15) is 0 Å². The van der Waals surface area contributed by atoms with Crippen molar-refractivity contribution in [2.75, 3.05) is 32.8 Å². The highest BCUT2D eigenvalue weighted by Gasteiger charge is 2.38. The predicted octanol–water partition coefficient (Wildman–Crippen LogP) is 4.03. The number of aliphatic hydroxyl groups is 1. The first-order valence-electron chi connectivity index (χ1n) is 7.07. The Labute approximate surface area is 153 Å². The van der Waals surface area contributed by atoms with Crippen molar-refractivity contribution in [2.45, 2.75) is 19.9 Å². The topological polar surface area (TPSA) is 35.5 Å². The summed E-state index contributed by atoms with van der Waals surface area (Å²) in [5, 5.41) is 14.7. The van der Waals surface area contributed by atoms with Gasteiger partial charge in [-0.25, -0.2) is 0 Å². The summed E-state index contributed by atoms with van der Waals surface area (Å²) in [4.78, 5) is 2.32. The van der Waals surface area contributed by atoms with Crippen molar-refractivity contribution in [3.8, 4) is 0 Å². The number of rotatable bonds is 4. The molecule has 1 aromatic carbocycles. The Kier molecular flexibility index (Phi) is 7.74. The molecule has 0 saturated carbocycles. The smallest absolute Gasteiger partial charge is 0.0655 e. The van der Waals surface area contributed by atoms with Crippen LogP contribution in [0.25, 0.3) is 0 Å². The van der Waals surface area contributed by atoms with E-state index in [9.17, 15) is 5.11 Å². The van der Waals surface area contributed by atoms with E-state index in [2.05, 4.69) is 10.2 Å². The Morgan fingerprint density at radius 3 is 2.27 bits per heavy atom. The summed E-state index contributed by atoms with van der Waals surface area (Å²) in [5.74, 6) is 0. The van der Waals surface area contributed by atoms with Crippen LogP contribution in [0.5, 0.6) is 0 Å². The minimum absolute atomic E-state index is 0. The summed E-state index contributed by atoms with van der Waals surface area (Å²) in [6.07, 6.45) is 0. The molecule has 1 atom stereocenters. The van der Waals surface area contributed by atoms with Gasteiger partial charge in [0.2, 0.25) is 0 Å². The van der Waals surface area contributed by atoms with Crippen LogP contribution in [0.2, 0.25) is 15.1 Å². The maximum atomic E-state index is 9.85. The van der Waals surface area contributed by atoms with Crippen LogP contribution in [0.3, 0.4) is 0 Å². The molecule has 7 heteroatoms. The van der Waals surface area contributed by atoms with Crippen LogP contribution in [0, 0.1) is 5.41 Å². The minimum Gasteiger partial charge on any atom is -0.396 e. The molecule has 0 unspecified atom stereocenters. The van der Waals surface area contributed by atoms with Crippen LogP contribution in [-0.4, -0.2) is 42.8 Å². The maximum Gasteiger partial charge on any atom is 0.0655 e. The molecular formula is C15H22Cl4N2O. The highest BCUT2D eigenvalue weighted by molar-refractivity contribution is 6.44. The molecule has 1 aliphatic rings. The molecule has 0 radical (unpaired) electrons. The highest BCUT2D eigenvalue weighted by Crippen LogP contribution is 2.46. The van der Waals surface area contributed by atoms with E-state index in [4.69, 9.17) is 34.8 Å². The highest BCUT2D eigenvalue weighted by atomic mass is 35.5. The van der Waals surface area contributed by atoms with Gasteiger partial charge >= 0.3 is 0 Å². The zero-order chi connectivity index (χ0) is 15.6. The second-order valence-electron chi connectivity index (χ2n) is 6.09. The lowest BCUT2D eigenvalue weighted by Crippen LogP contribution is -2.49. The third kappa shape index (κ3) is 4.21. The van der Waals surface area contributed by atoms with E-state index in [0.717, 1.165) is 31.7 Å². The molecule has 0 amide bonds. The Morgan fingerprint density at radius 2 is 1.73 bits per heavy atom. The fourth-order valence-corrected chi connectivity index (χ4v) is 3.63. The number of nitrogens with zero attached hydrogens (tertiary/aromatic N) is 1. The molecule has 1 aromatic rings. The van der Waals surface area contributed by atoms with E-state index >= 15 is 0 Å². The molecule has 22 heavy (non-hydrogen) atoms. The molecule has 126 valence electrons. The first-order valence-corrected chi connectivity index (χ1v) is 8.21. The van der Waals surface area contributed by atoms with Crippen LogP contribution in [0.15, 0.2) is 12.1 Å². The van der Waals surface area contributed by atoms with Crippen LogP contribution in [-0.2, 0) is 0 Å². The van der Waals surface area contributed by atoms with E-state index in [1.54, 1.807) is 12.1 Å². The van der Waals surface area contributed by atoms with Crippen LogP contribution in [0.1, 0.15) is 25.5 Å². The molecule has 1 aliphatic heterocycles. The molecule has 1 saturated heterocycles. The van der Waals surface area contributed by atoms with Crippen molar-refractivity contribution >= 4 is 47.2 Å². The predicted molar refractivity (Wildman–Crippen MR) is 96.8 cm³/mol. The summed E-state index contributed by atoms with van der Waals surface area (Å²) in [5.41, 5.74) is 0.432. The van der Waals surface area contributed by atoms with Gasteiger partial charge in [-0.2, -0.15) is 0 Å². The van der Waals surface area contributed by atoms with Crippen molar-refractivity contribution in [3.05, 3.63) is 32.8 Å². The SMILES string of the molecule is CC(C)(CO)[C@H](c1c(Cl)ccc(Cl)c1Cl)N1CCNCC1.Cl. The summed E-state index contributed by atoms with van der Waals surface area (Å²) in [6.45, 7) is 7.67. The molecule has 2 N–H and O–H groups in total. The third-order valence-electron chi connectivity index (χ3n) is 4.02. The molecule has 1 fully saturated rings. The lowest BCUT2D eigenvalue weighted by molar-refractivity contribution is 0.0306. The van der Waals surface area contributed by atoms with Gasteiger partial charge in [0, 0.05) is 54.8 Å². The second kappa shape index (κ2) is 8.39. The number of hydrogen-bond acceptors (Lipinski definition) is 3. The summed E-state index contributed by atoms with van der Waals surface area (Å²) >= 11 is 19.0. The zero-order valence-corrected chi connectivity index (χ0v) is 15.8. The number of benzene rings is 1. The molecule has 0 aromatic heterocycles. The van der Waals surface area contributed by atoms with Crippen LogP contribution in [0.4, 0.5) is 0 Å². The average molecular weight is 388 g/mol. The number of hydrogen-bond donors (Lipinski definition) is 2. The van der Waals surface area contributed by atoms with E-state index in [0.29, 0.717) is 15.1 Å². The molecule has 0 spiro atoms. The second-order valence-corrected chi connectivity index (χ2v) is 7.28. The molecule has 2 rings (SSSR count). The molecule has 0 bridgehead atoms.